The average Bonchev–Trinajstić information content (AvgIpc) is 3.31. The number of hydrogen-bond acceptors (Lipinski definition) is 6. The number of urea groups is 1. The van der Waals surface area contributed by atoms with Crippen LogP contribution in [-0.4, -0.2) is 50.4 Å². The number of nitrogens with zero attached hydrogens (tertiary/aromatic N) is 4. The van der Waals surface area contributed by atoms with Crippen LogP contribution in [-0.2, 0) is 0 Å². The van der Waals surface area contributed by atoms with E-state index in [2.05, 4.69) is 30.1 Å². The first-order chi connectivity index (χ1) is 19.4. The van der Waals surface area contributed by atoms with Crippen LogP contribution >= 0.6 is 0 Å². The van der Waals surface area contributed by atoms with E-state index in [1.54, 1.807) is 36.4 Å². The molecular weight excluding hydrogens is 509 g/mol. The highest BCUT2D eigenvalue weighted by molar-refractivity contribution is 6.18. The normalized spacial score (nSPS) is 16.6. The molecule has 0 unspecified atom stereocenters. The number of hydrogen-bond donors (Lipinski definition) is 3. The number of nitrogen functional groups attached to an aromatic ring is 1. The lowest BCUT2D eigenvalue weighted by atomic mass is 9.89. The van der Waals surface area contributed by atoms with Gasteiger partial charge in [0.1, 0.15) is 23.6 Å². The van der Waals surface area contributed by atoms with Crippen molar-refractivity contribution >= 4 is 40.0 Å². The largest absolute Gasteiger partial charge is 0.383 e. The minimum atomic E-state index is -0.614. The van der Waals surface area contributed by atoms with Crippen LogP contribution < -0.4 is 16.4 Å². The molecule has 3 heterocycles. The highest BCUT2D eigenvalue weighted by atomic mass is 19.1. The van der Waals surface area contributed by atoms with Crippen LogP contribution in [0.5, 0.6) is 0 Å². The summed E-state index contributed by atoms with van der Waals surface area (Å²) in [5.74, 6) is -0.520. The van der Waals surface area contributed by atoms with Crippen LogP contribution in [0.4, 0.5) is 26.4 Å². The van der Waals surface area contributed by atoms with E-state index in [9.17, 15) is 14.0 Å². The van der Waals surface area contributed by atoms with Gasteiger partial charge < -0.3 is 25.8 Å². The molecule has 1 aliphatic heterocycles. The number of aromatic nitrogens is 3. The first kappa shape index (κ1) is 25.9. The summed E-state index contributed by atoms with van der Waals surface area (Å²) in [6.07, 6.45) is 9.15. The molecule has 4 aromatic rings. The Morgan fingerprint density at radius 1 is 1.00 bits per heavy atom. The maximum Gasteiger partial charge on any atom is 0.323 e. The van der Waals surface area contributed by atoms with Crippen molar-refractivity contribution in [3.05, 3.63) is 77.5 Å². The molecule has 6 rings (SSSR count). The zero-order valence-corrected chi connectivity index (χ0v) is 22.4. The Morgan fingerprint density at radius 3 is 2.55 bits per heavy atom. The predicted molar refractivity (Wildman–Crippen MR) is 153 cm³/mol. The Kier molecular flexibility index (Phi) is 6.93. The Labute approximate surface area is 231 Å². The molecule has 0 radical (unpaired) electrons. The number of anilines is 3. The first-order valence-electron chi connectivity index (χ1n) is 13.7. The number of benzene rings is 2. The summed E-state index contributed by atoms with van der Waals surface area (Å²) in [5.41, 5.74) is 9.03. The minimum absolute atomic E-state index is 0.0755. The Hall–Kier alpha value is -4.31. The topological polar surface area (TPSA) is 118 Å². The summed E-state index contributed by atoms with van der Waals surface area (Å²) in [6, 6.07) is 11.4. The van der Waals surface area contributed by atoms with Crippen molar-refractivity contribution in [2.75, 3.05) is 29.5 Å². The summed E-state index contributed by atoms with van der Waals surface area (Å²) < 4.78 is 16.2. The van der Waals surface area contributed by atoms with Gasteiger partial charge in [-0.25, -0.2) is 19.2 Å². The molecule has 0 bridgehead atoms. The molecule has 206 valence electrons. The summed E-state index contributed by atoms with van der Waals surface area (Å²) in [5, 5.41) is 5.74. The number of likely N-dealkylation sites (tertiary alicyclic amines) is 1. The summed E-state index contributed by atoms with van der Waals surface area (Å²) in [7, 11) is 0. The van der Waals surface area contributed by atoms with Crippen LogP contribution in [0, 0.1) is 12.7 Å². The van der Waals surface area contributed by atoms with Crippen molar-refractivity contribution < 1.29 is 14.0 Å². The van der Waals surface area contributed by atoms with Gasteiger partial charge in [0.2, 0.25) is 0 Å². The quantitative estimate of drug-likeness (QED) is 0.277. The fraction of sp³-hybridized carbons (Fsp3) is 0.333. The monoisotopic (exact) mass is 541 g/mol. The molecule has 1 aliphatic carbocycles. The number of amides is 2. The number of carbonyl (C=O) groups excluding carboxylic acids is 2. The number of halogens is 1. The van der Waals surface area contributed by atoms with Gasteiger partial charge in [-0.1, -0.05) is 24.6 Å². The number of aryl methyl sites for hydroxylation is 1. The maximum absolute atomic E-state index is 14.1. The number of carbonyl (C=O) groups is 2. The van der Waals surface area contributed by atoms with Gasteiger partial charge in [-0.05, 0) is 62.4 Å². The van der Waals surface area contributed by atoms with Gasteiger partial charge in [-0.15, -0.1) is 0 Å². The summed E-state index contributed by atoms with van der Waals surface area (Å²) in [4.78, 5) is 37.6. The second kappa shape index (κ2) is 10.7. The molecule has 9 nitrogen and oxygen atoms in total. The van der Waals surface area contributed by atoms with Crippen molar-refractivity contribution in [2.45, 2.75) is 51.1 Å². The van der Waals surface area contributed by atoms with E-state index in [-0.39, 0.29) is 23.3 Å². The molecule has 2 amide bonds. The molecule has 2 aromatic carbocycles. The van der Waals surface area contributed by atoms with E-state index in [1.165, 1.54) is 31.7 Å². The molecule has 0 atom stereocenters. The molecular formula is C30H32FN7O2. The van der Waals surface area contributed by atoms with Crippen molar-refractivity contribution in [2.24, 2.45) is 0 Å². The zero-order chi connectivity index (χ0) is 27.8. The van der Waals surface area contributed by atoms with Crippen molar-refractivity contribution in [3.63, 3.8) is 0 Å². The van der Waals surface area contributed by atoms with Gasteiger partial charge in [0, 0.05) is 42.6 Å². The van der Waals surface area contributed by atoms with E-state index in [0.29, 0.717) is 27.8 Å². The van der Waals surface area contributed by atoms with Crippen LogP contribution in [0.1, 0.15) is 59.6 Å². The lowest BCUT2D eigenvalue weighted by Gasteiger charge is -2.42. The molecule has 1 saturated carbocycles. The Morgan fingerprint density at radius 2 is 1.80 bits per heavy atom. The van der Waals surface area contributed by atoms with Gasteiger partial charge in [0.15, 0.2) is 5.78 Å². The number of nitrogens with one attached hydrogen (secondary N) is 2. The van der Waals surface area contributed by atoms with Gasteiger partial charge in [-0.3, -0.25) is 4.79 Å². The average molecular weight is 542 g/mol. The zero-order valence-electron chi connectivity index (χ0n) is 22.4. The van der Waals surface area contributed by atoms with Crippen molar-refractivity contribution in [1.29, 1.82) is 0 Å². The van der Waals surface area contributed by atoms with E-state index in [0.717, 1.165) is 37.5 Å². The highest BCUT2D eigenvalue weighted by Gasteiger charge is 2.31. The molecule has 1 saturated heterocycles. The number of fused-ring (bicyclic) bond motifs is 1. The lowest BCUT2D eigenvalue weighted by molar-refractivity contribution is 0.0873. The fourth-order valence-electron chi connectivity index (χ4n) is 5.75. The highest BCUT2D eigenvalue weighted by Crippen LogP contribution is 2.35. The summed E-state index contributed by atoms with van der Waals surface area (Å²) >= 11 is 0. The number of rotatable bonds is 6. The SMILES string of the molecule is Cc1ccc(F)c(NC(=O)Nc2cccc(C(=O)c3cn(C4CCN(C5CCC5)CC4)c4ncnc(N)c34)c2)c1. The minimum Gasteiger partial charge on any atom is -0.383 e. The van der Waals surface area contributed by atoms with Gasteiger partial charge in [0.25, 0.3) is 0 Å². The number of piperidine rings is 1. The van der Waals surface area contributed by atoms with Gasteiger partial charge in [-0.2, -0.15) is 0 Å². The summed E-state index contributed by atoms with van der Waals surface area (Å²) in [6.45, 7) is 3.87. The molecule has 10 heteroatoms. The Balaban J connectivity index is 1.23. The third-order valence-corrected chi connectivity index (χ3v) is 8.12. The maximum atomic E-state index is 14.1. The second-order valence-corrected chi connectivity index (χ2v) is 10.7. The number of nitrogens with two attached hydrogens (primary N) is 1. The van der Waals surface area contributed by atoms with Crippen LogP contribution in [0.15, 0.2) is 55.0 Å². The third kappa shape index (κ3) is 5.02. The van der Waals surface area contributed by atoms with Gasteiger partial charge in [0.05, 0.1) is 16.6 Å². The van der Waals surface area contributed by atoms with E-state index < -0.39 is 11.8 Å². The smallest absolute Gasteiger partial charge is 0.323 e. The number of ketones is 1. The van der Waals surface area contributed by atoms with Crippen LogP contribution in [0.2, 0.25) is 0 Å². The van der Waals surface area contributed by atoms with Crippen molar-refractivity contribution in [1.82, 2.24) is 19.4 Å². The molecule has 4 N–H and O–H groups in total. The standard InChI is InChI=1S/C30H32FN7O2/c1-18-8-9-24(31)25(14-18)36-30(40)35-20-5-2-4-19(15-20)27(39)23-16-38(29-26(23)28(32)33-17-34-29)22-10-12-37(13-11-22)21-6-3-7-21/h2,4-5,8-9,14-17,21-22H,3,6-7,10-13H2,1H3,(H2,32,33,34)(H2,35,36,40). The third-order valence-electron chi connectivity index (χ3n) is 8.12. The van der Waals surface area contributed by atoms with Gasteiger partial charge >= 0.3 is 6.03 Å². The second-order valence-electron chi connectivity index (χ2n) is 10.7. The molecule has 0 spiro atoms. The fourth-order valence-corrected chi connectivity index (χ4v) is 5.75. The van der Waals surface area contributed by atoms with Crippen LogP contribution in [0.25, 0.3) is 11.0 Å². The van der Waals surface area contributed by atoms with Crippen molar-refractivity contribution in [3.8, 4) is 0 Å². The molecule has 2 aliphatic rings. The van der Waals surface area contributed by atoms with E-state index in [4.69, 9.17) is 5.73 Å². The first-order valence-corrected chi connectivity index (χ1v) is 13.7. The molecule has 2 fully saturated rings. The molecule has 40 heavy (non-hydrogen) atoms. The Bertz CT molecular complexity index is 1590. The lowest BCUT2D eigenvalue weighted by Crippen LogP contribution is -2.45. The van der Waals surface area contributed by atoms with E-state index >= 15 is 0 Å². The predicted octanol–water partition coefficient (Wildman–Crippen LogP) is 5.53. The van der Waals surface area contributed by atoms with E-state index in [1.807, 2.05) is 13.1 Å². The van der Waals surface area contributed by atoms with Crippen LogP contribution in [0.3, 0.4) is 0 Å². The molecule has 2 aromatic heterocycles.